The molecule has 1 amide bonds. The lowest BCUT2D eigenvalue weighted by molar-refractivity contribution is -0.130. The van der Waals surface area contributed by atoms with E-state index in [2.05, 4.69) is 20.6 Å². The first-order valence-corrected chi connectivity index (χ1v) is 10.2. The predicted octanol–water partition coefficient (Wildman–Crippen LogP) is 3.32. The smallest absolute Gasteiger partial charge is 0.253 e. The molecule has 0 radical (unpaired) electrons. The van der Waals surface area contributed by atoms with E-state index in [1.807, 2.05) is 42.5 Å². The largest absolute Gasteiger partial charge is 0.467 e. The van der Waals surface area contributed by atoms with Crippen LogP contribution >= 0.6 is 11.8 Å². The second-order valence-corrected chi connectivity index (χ2v) is 7.44. The van der Waals surface area contributed by atoms with Gasteiger partial charge in [-0.2, -0.15) is 9.78 Å². The van der Waals surface area contributed by atoms with E-state index >= 15 is 0 Å². The molecular formula is C20H16N6O3S. The van der Waals surface area contributed by atoms with Crippen LogP contribution in [0.25, 0.3) is 5.69 Å². The summed E-state index contributed by atoms with van der Waals surface area (Å²) < 4.78 is 12.6. The van der Waals surface area contributed by atoms with Crippen molar-refractivity contribution in [2.24, 2.45) is 5.10 Å². The van der Waals surface area contributed by atoms with Crippen molar-refractivity contribution in [1.82, 2.24) is 25.2 Å². The summed E-state index contributed by atoms with van der Waals surface area (Å²) in [5.74, 6) is 1.26. The number of hydrogen-bond donors (Lipinski definition) is 0. The molecule has 150 valence electrons. The van der Waals surface area contributed by atoms with Crippen molar-refractivity contribution < 1.29 is 13.6 Å². The molecule has 0 fully saturated rings. The molecule has 1 aliphatic rings. The van der Waals surface area contributed by atoms with Gasteiger partial charge in [0.1, 0.15) is 23.3 Å². The summed E-state index contributed by atoms with van der Waals surface area (Å²) in [5, 5.41) is 18.3. The Labute approximate surface area is 175 Å². The van der Waals surface area contributed by atoms with E-state index < -0.39 is 0 Å². The van der Waals surface area contributed by atoms with Gasteiger partial charge in [-0.3, -0.25) is 4.79 Å². The third kappa shape index (κ3) is 3.52. The maximum Gasteiger partial charge on any atom is 0.253 e. The van der Waals surface area contributed by atoms with Crippen LogP contribution in [0.4, 0.5) is 0 Å². The Morgan fingerprint density at radius 3 is 2.67 bits per heavy atom. The topological polar surface area (TPSA) is 103 Å². The number of hydrogen-bond acceptors (Lipinski definition) is 8. The fourth-order valence-corrected chi connectivity index (χ4v) is 3.97. The van der Waals surface area contributed by atoms with E-state index in [0.717, 1.165) is 5.69 Å². The van der Waals surface area contributed by atoms with Gasteiger partial charge < -0.3 is 8.83 Å². The molecule has 0 saturated carbocycles. The van der Waals surface area contributed by atoms with Crippen molar-refractivity contribution in [3.05, 3.63) is 78.6 Å². The lowest BCUT2D eigenvalue weighted by Crippen LogP contribution is -2.28. The zero-order chi connectivity index (χ0) is 20.3. The number of thioether (sulfide) groups is 1. The van der Waals surface area contributed by atoms with E-state index in [0.29, 0.717) is 28.8 Å². The highest BCUT2D eigenvalue weighted by Gasteiger charge is 2.35. The van der Waals surface area contributed by atoms with Gasteiger partial charge in [0.2, 0.25) is 5.16 Å². The fourth-order valence-electron chi connectivity index (χ4n) is 3.23. The van der Waals surface area contributed by atoms with Gasteiger partial charge in [0.05, 0.1) is 24.0 Å². The number of furan rings is 2. The highest BCUT2D eigenvalue weighted by molar-refractivity contribution is 7.99. The van der Waals surface area contributed by atoms with Crippen LogP contribution in [0.5, 0.6) is 0 Å². The minimum absolute atomic E-state index is 0.124. The molecular weight excluding hydrogens is 404 g/mol. The van der Waals surface area contributed by atoms with Crippen molar-refractivity contribution in [3.63, 3.8) is 0 Å². The zero-order valence-corrected chi connectivity index (χ0v) is 16.5. The molecule has 30 heavy (non-hydrogen) atoms. The summed E-state index contributed by atoms with van der Waals surface area (Å²) in [5.41, 5.74) is 1.53. The number of nitrogens with zero attached hydrogens (tertiary/aromatic N) is 6. The minimum Gasteiger partial charge on any atom is -0.467 e. The molecule has 0 saturated heterocycles. The first-order chi connectivity index (χ1) is 14.8. The van der Waals surface area contributed by atoms with E-state index in [1.54, 1.807) is 29.3 Å². The van der Waals surface area contributed by atoms with Crippen molar-refractivity contribution in [3.8, 4) is 5.69 Å². The van der Waals surface area contributed by atoms with Crippen molar-refractivity contribution in [2.45, 2.75) is 17.6 Å². The molecule has 4 heterocycles. The van der Waals surface area contributed by atoms with Gasteiger partial charge in [-0.25, -0.2) is 5.01 Å². The third-order valence-electron chi connectivity index (χ3n) is 4.61. The van der Waals surface area contributed by atoms with Crippen LogP contribution in [0.1, 0.15) is 24.0 Å². The maximum atomic E-state index is 13.1. The molecule has 0 bridgehead atoms. The lowest BCUT2D eigenvalue weighted by atomic mass is 10.1. The van der Waals surface area contributed by atoms with Crippen LogP contribution in [-0.2, 0) is 4.79 Å². The number of carbonyl (C=O) groups is 1. The van der Waals surface area contributed by atoms with E-state index in [9.17, 15) is 4.79 Å². The van der Waals surface area contributed by atoms with Gasteiger partial charge in [0.25, 0.3) is 5.91 Å². The Kier molecular flexibility index (Phi) is 4.89. The molecule has 1 aromatic carbocycles. The second kappa shape index (κ2) is 7.99. The molecule has 1 aliphatic heterocycles. The Bertz CT molecular complexity index is 1150. The standard InChI is InChI=1S/C20H16N6O3S/c27-19(13-30-20-21-23-24-25(20)14-6-2-1-3-7-14)26-16(18-9-5-11-29-18)12-15(22-26)17-8-4-10-28-17/h1-11,16H,12-13H2. The number of para-hydroxylation sites is 1. The Morgan fingerprint density at radius 2 is 1.90 bits per heavy atom. The van der Waals surface area contributed by atoms with Gasteiger partial charge in [-0.15, -0.1) is 5.10 Å². The lowest BCUT2D eigenvalue weighted by Gasteiger charge is -2.19. The van der Waals surface area contributed by atoms with E-state index in [4.69, 9.17) is 8.83 Å². The van der Waals surface area contributed by atoms with Crippen molar-refractivity contribution in [2.75, 3.05) is 5.75 Å². The Balaban J connectivity index is 1.35. The number of carbonyl (C=O) groups excluding carboxylic acids is 1. The summed E-state index contributed by atoms with van der Waals surface area (Å²) >= 11 is 1.25. The summed E-state index contributed by atoms with van der Waals surface area (Å²) in [4.78, 5) is 13.1. The van der Waals surface area contributed by atoms with Crippen LogP contribution in [0, 0.1) is 0 Å². The van der Waals surface area contributed by atoms with Crippen LogP contribution in [0.15, 0.2) is 86.2 Å². The minimum atomic E-state index is -0.321. The molecule has 9 nitrogen and oxygen atoms in total. The van der Waals surface area contributed by atoms with Crippen molar-refractivity contribution >= 4 is 23.4 Å². The first-order valence-electron chi connectivity index (χ1n) is 9.23. The van der Waals surface area contributed by atoms with Crippen LogP contribution in [-0.4, -0.2) is 42.6 Å². The van der Waals surface area contributed by atoms with E-state index in [-0.39, 0.29) is 17.7 Å². The van der Waals surface area contributed by atoms with Crippen LogP contribution < -0.4 is 0 Å². The Morgan fingerprint density at radius 1 is 1.07 bits per heavy atom. The number of hydrazone groups is 1. The van der Waals surface area contributed by atoms with E-state index in [1.165, 1.54) is 16.8 Å². The van der Waals surface area contributed by atoms with Gasteiger partial charge in [0.15, 0.2) is 0 Å². The molecule has 5 rings (SSSR count). The predicted molar refractivity (Wildman–Crippen MR) is 108 cm³/mol. The molecule has 0 spiro atoms. The molecule has 4 aromatic rings. The fraction of sp³-hybridized carbons (Fsp3) is 0.150. The first kappa shape index (κ1) is 18.4. The number of benzene rings is 1. The molecule has 1 atom stereocenters. The zero-order valence-electron chi connectivity index (χ0n) is 15.7. The van der Waals surface area contributed by atoms with Crippen molar-refractivity contribution in [1.29, 1.82) is 0 Å². The summed E-state index contributed by atoms with van der Waals surface area (Å²) in [6.45, 7) is 0. The van der Waals surface area contributed by atoms with Crippen LogP contribution in [0.3, 0.4) is 0 Å². The number of aromatic nitrogens is 4. The molecule has 0 aliphatic carbocycles. The number of tetrazole rings is 1. The highest BCUT2D eigenvalue weighted by Crippen LogP contribution is 2.34. The molecule has 0 N–H and O–H groups in total. The number of rotatable bonds is 6. The summed E-state index contributed by atoms with van der Waals surface area (Å²) in [6, 6.07) is 16.5. The maximum absolute atomic E-state index is 13.1. The summed E-state index contributed by atoms with van der Waals surface area (Å²) in [7, 11) is 0. The monoisotopic (exact) mass is 420 g/mol. The number of amides is 1. The highest BCUT2D eigenvalue weighted by atomic mass is 32.2. The van der Waals surface area contributed by atoms with Gasteiger partial charge in [-0.1, -0.05) is 30.0 Å². The molecule has 3 aromatic heterocycles. The van der Waals surface area contributed by atoms with Crippen LogP contribution in [0.2, 0.25) is 0 Å². The summed E-state index contributed by atoms with van der Waals surface area (Å²) in [6.07, 6.45) is 3.69. The SMILES string of the molecule is O=C(CSc1nnnn1-c1ccccc1)N1N=C(c2ccco2)CC1c1ccco1. The average molecular weight is 420 g/mol. The molecule has 1 unspecified atom stereocenters. The third-order valence-corrected chi connectivity index (χ3v) is 5.51. The Hall–Kier alpha value is -3.66. The quantitative estimate of drug-likeness (QED) is 0.441. The van der Waals surface area contributed by atoms with Gasteiger partial charge in [0, 0.05) is 6.42 Å². The molecule has 10 heteroatoms. The van der Waals surface area contributed by atoms with Gasteiger partial charge in [-0.05, 0) is 46.8 Å². The van der Waals surface area contributed by atoms with Gasteiger partial charge >= 0.3 is 0 Å². The average Bonchev–Trinajstić information content (AvgIpc) is 3.57. The second-order valence-electron chi connectivity index (χ2n) is 6.50. The normalized spacial score (nSPS) is 16.1.